The molecule has 0 saturated carbocycles. The van der Waals surface area contributed by atoms with Crippen LogP contribution < -0.4 is 4.74 Å². The summed E-state index contributed by atoms with van der Waals surface area (Å²) in [5.74, 6) is 0.749. The van der Waals surface area contributed by atoms with Crippen molar-refractivity contribution in [3.8, 4) is 5.75 Å². The molecule has 0 aliphatic heterocycles. The smallest absolute Gasteiger partial charge is 0.166 e. The Kier molecular flexibility index (Phi) is 4.74. The quantitative estimate of drug-likeness (QED) is 0.752. The Bertz CT molecular complexity index is 578. The lowest BCUT2D eigenvalue weighted by Gasteiger charge is -2.10. The van der Waals surface area contributed by atoms with Gasteiger partial charge in [-0.15, -0.1) is 0 Å². The van der Waals surface area contributed by atoms with Crippen LogP contribution in [0.4, 0.5) is 0 Å². The molecule has 0 heterocycles. The zero-order valence-corrected chi connectivity index (χ0v) is 12.3. The number of ether oxygens (including phenoxy) is 1. The van der Waals surface area contributed by atoms with E-state index in [0.29, 0.717) is 24.3 Å². The fourth-order valence-corrected chi connectivity index (χ4v) is 2.25. The van der Waals surface area contributed by atoms with E-state index < -0.39 is 0 Å². The molecule has 0 aliphatic rings. The summed E-state index contributed by atoms with van der Waals surface area (Å²) in [7, 11) is 0. The Morgan fingerprint density at radius 1 is 1.16 bits per heavy atom. The standard InChI is InChI=1S/C16H15BrO2/c1-2-15(18)14-8-3-4-9-16(14)19-11-12-6-5-7-13(17)10-12/h3-10H,2,11H2,1H3. The van der Waals surface area contributed by atoms with Crippen LogP contribution in [0, 0.1) is 0 Å². The van der Waals surface area contributed by atoms with Crippen molar-refractivity contribution in [1.82, 2.24) is 0 Å². The molecule has 0 spiro atoms. The lowest BCUT2D eigenvalue weighted by Crippen LogP contribution is -2.03. The molecule has 0 radical (unpaired) electrons. The second kappa shape index (κ2) is 6.53. The molecule has 2 rings (SSSR count). The van der Waals surface area contributed by atoms with Gasteiger partial charge in [0.15, 0.2) is 5.78 Å². The minimum absolute atomic E-state index is 0.102. The molecule has 0 bridgehead atoms. The van der Waals surface area contributed by atoms with E-state index in [1.54, 1.807) is 0 Å². The van der Waals surface area contributed by atoms with Crippen LogP contribution in [0.5, 0.6) is 5.75 Å². The molecule has 0 atom stereocenters. The van der Waals surface area contributed by atoms with Gasteiger partial charge < -0.3 is 4.74 Å². The molecule has 0 aromatic heterocycles. The SMILES string of the molecule is CCC(=O)c1ccccc1OCc1cccc(Br)c1. The van der Waals surface area contributed by atoms with E-state index in [0.717, 1.165) is 10.0 Å². The Hall–Kier alpha value is -1.61. The summed E-state index contributed by atoms with van der Waals surface area (Å²) in [5, 5.41) is 0. The number of rotatable bonds is 5. The molecule has 2 aromatic rings. The summed E-state index contributed by atoms with van der Waals surface area (Å²) in [6, 6.07) is 15.3. The van der Waals surface area contributed by atoms with E-state index >= 15 is 0 Å². The molecular formula is C16H15BrO2. The normalized spacial score (nSPS) is 10.2. The first kappa shape index (κ1) is 13.8. The summed E-state index contributed by atoms with van der Waals surface area (Å²) >= 11 is 3.43. The van der Waals surface area contributed by atoms with Gasteiger partial charge in [0.1, 0.15) is 12.4 Å². The highest BCUT2D eigenvalue weighted by Crippen LogP contribution is 2.21. The van der Waals surface area contributed by atoms with Gasteiger partial charge in [-0.05, 0) is 29.8 Å². The molecule has 19 heavy (non-hydrogen) atoms. The van der Waals surface area contributed by atoms with Crippen molar-refractivity contribution in [2.24, 2.45) is 0 Å². The van der Waals surface area contributed by atoms with Crippen LogP contribution in [-0.2, 0) is 6.61 Å². The van der Waals surface area contributed by atoms with Crippen LogP contribution in [-0.4, -0.2) is 5.78 Å². The number of carbonyl (C=O) groups is 1. The van der Waals surface area contributed by atoms with Crippen LogP contribution in [0.25, 0.3) is 0 Å². The van der Waals surface area contributed by atoms with E-state index in [2.05, 4.69) is 15.9 Å². The van der Waals surface area contributed by atoms with Crippen molar-refractivity contribution in [2.75, 3.05) is 0 Å². The first-order valence-corrected chi connectivity index (χ1v) is 6.99. The minimum Gasteiger partial charge on any atom is -0.488 e. The lowest BCUT2D eigenvalue weighted by atomic mass is 10.1. The molecule has 98 valence electrons. The van der Waals surface area contributed by atoms with Gasteiger partial charge in [-0.3, -0.25) is 4.79 Å². The average Bonchev–Trinajstić information content (AvgIpc) is 2.45. The predicted octanol–water partition coefficient (Wildman–Crippen LogP) is 4.62. The van der Waals surface area contributed by atoms with Gasteiger partial charge in [0.2, 0.25) is 0 Å². The molecule has 2 nitrogen and oxygen atoms in total. The van der Waals surface area contributed by atoms with Crippen molar-refractivity contribution in [2.45, 2.75) is 20.0 Å². The largest absolute Gasteiger partial charge is 0.488 e. The summed E-state index contributed by atoms with van der Waals surface area (Å²) in [5.41, 5.74) is 1.72. The van der Waals surface area contributed by atoms with Crippen molar-refractivity contribution < 1.29 is 9.53 Å². The summed E-state index contributed by atoms with van der Waals surface area (Å²) in [6.07, 6.45) is 0.483. The Morgan fingerprint density at radius 3 is 2.68 bits per heavy atom. The number of benzene rings is 2. The van der Waals surface area contributed by atoms with Crippen LogP contribution in [0.15, 0.2) is 53.0 Å². The zero-order valence-electron chi connectivity index (χ0n) is 10.7. The van der Waals surface area contributed by atoms with Gasteiger partial charge in [-0.1, -0.05) is 47.1 Å². The third-order valence-corrected chi connectivity index (χ3v) is 3.29. The number of halogens is 1. The molecule has 3 heteroatoms. The number of para-hydroxylation sites is 1. The first-order valence-electron chi connectivity index (χ1n) is 6.20. The van der Waals surface area contributed by atoms with Gasteiger partial charge in [-0.2, -0.15) is 0 Å². The van der Waals surface area contributed by atoms with Gasteiger partial charge in [0, 0.05) is 10.9 Å². The second-order valence-corrected chi connectivity index (χ2v) is 5.11. The van der Waals surface area contributed by atoms with Gasteiger partial charge in [0.05, 0.1) is 5.56 Å². The maximum Gasteiger partial charge on any atom is 0.166 e. The van der Waals surface area contributed by atoms with Gasteiger partial charge in [0.25, 0.3) is 0 Å². The van der Waals surface area contributed by atoms with E-state index in [4.69, 9.17) is 4.74 Å². The second-order valence-electron chi connectivity index (χ2n) is 4.19. The monoisotopic (exact) mass is 318 g/mol. The molecule has 2 aromatic carbocycles. The number of hydrogen-bond acceptors (Lipinski definition) is 2. The number of Topliss-reactive ketones (excluding diaryl/α,β-unsaturated/α-hetero) is 1. The van der Waals surface area contributed by atoms with Crippen molar-refractivity contribution in [1.29, 1.82) is 0 Å². The van der Waals surface area contributed by atoms with Crippen LogP contribution in [0.3, 0.4) is 0 Å². The van der Waals surface area contributed by atoms with Crippen molar-refractivity contribution in [3.05, 3.63) is 64.1 Å². The number of ketones is 1. The number of carbonyl (C=O) groups excluding carboxylic acids is 1. The molecule has 0 fully saturated rings. The highest BCUT2D eigenvalue weighted by atomic mass is 79.9. The van der Waals surface area contributed by atoms with E-state index in [9.17, 15) is 4.79 Å². The van der Waals surface area contributed by atoms with Gasteiger partial charge in [-0.25, -0.2) is 0 Å². The fraction of sp³-hybridized carbons (Fsp3) is 0.188. The molecular weight excluding hydrogens is 304 g/mol. The van der Waals surface area contributed by atoms with E-state index in [1.165, 1.54) is 0 Å². The van der Waals surface area contributed by atoms with E-state index in [1.807, 2.05) is 55.5 Å². The van der Waals surface area contributed by atoms with Gasteiger partial charge >= 0.3 is 0 Å². The Balaban J connectivity index is 2.13. The highest BCUT2D eigenvalue weighted by molar-refractivity contribution is 9.10. The van der Waals surface area contributed by atoms with Crippen LogP contribution in [0.2, 0.25) is 0 Å². The third kappa shape index (κ3) is 3.67. The topological polar surface area (TPSA) is 26.3 Å². The summed E-state index contributed by atoms with van der Waals surface area (Å²) in [4.78, 5) is 11.8. The molecule has 0 unspecified atom stereocenters. The average molecular weight is 319 g/mol. The Labute approximate surface area is 121 Å². The molecule has 0 amide bonds. The Morgan fingerprint density at radius 2 is 1.95 bits per heavy atom. The molecule has 0 saturated heterocycles. The predicted molar refractivity (Wildman–Crippen MR) is 79.5 cm³/mol. The summed E-state index contributed by atoms with van der Waals surface area (Å²) < 4.78 is 6.78. The third-order valence-electron chi connectivity index (χ3n) is 2.79. The highest BCUT2D eigenvalue weighted by Gasteiger charge is 2.09. The minimum atomic E-state index is 0.102. The number of hydrogen-bond donors (Lipinski definition) is 0. The lowest BCUT2D eigenvalue weighted by molar-refractivity contribution is 0.0983. The van der Waals surface area contributed by atoms with Crippen LogP contribution in [0.1, 0.15) is 29.3 Å². The zero-order chi connectivity index (χ0) is 13.7. The molecule has 0 N–H and O–H groups in total. The van der Waals surface area contributed by atoms with Crippen LogP contribution >= 0.6 is 15.9 Å². The van der Waals surface area contributed by atoms with Crippen molar-refractivity contribution in [3.63, 3.8) is 0 Å². The van der Waals surface area contributed by atoms with Crippen molar-refractivity contribution >= 4 is 21.7 Å². The maximum absolute atomic E-state index is 11.8. The summed E-state index contributed by atoms with van der Waals surface area (Å²) in [6.45, 7) is 2.31. The van der Waals surface area contributed by atoms with E-state index in [-0.39, 0.29) is 5.78 Å². The fourth-order valence-electron chi connectivity index (χ4n) is 1.80. The maximum atomic E-state index is 11.8. The molecule has 0 aliphatic carbocycles. The first-order chi connectivity index (χ1) is 9.20.